The lowest BCUT2D eigenvalue weighted by Crippen LogP contribution is -2.47. The first-order chi connectivity index (χ1) is 56.7. The number of fused-ring (bicyclic) bond motifs is 6. The van der Waals surface area contributed by atoms with E-state index in [1.165, 1.54) is 34.1 Å². The molecule has 4 aromatic carbocycles. The molecule has 14 atom stereocenters. The lowest BCUT2D eigenvalue weighted by Gasteiger charge is -2.32. The van der Waals surface area contributed by atoms with Crippen molar-refractivity contribution in [3.05, 3.63) is 133 Å². The molecular formula is C92H112F2N6O18S2. The van der Waals surface area contributed by atoms with Gasteiger partial charge in [0.2, 0.25) is 55.4 Å². The summed E-state index contributed by atoms with van der Waals surface area (Å²) in [6, 6.07) is 24.3. The van der Waals surface area contributed by atoms with E-state index < -0.39 is 124 Å². The van der Waals surface area contributed by atoms with Crippen LogP contribution in [0.15, 0.2) is 121 Å². The van der Waals surface area contributed by atoms with Gasteiger partial charge in [0, 0.05) is 47.6 Å². The Bertz CT molecular complexity index is 4900. The second-order valence-electron chi connectivity index (χ2n) is 36.8. The second kappa shape index (κ2) is 35.4. The van der Waals surface area contributed by atoms with Gasteiger partial charge in [0.1, 0.15) is 46.5 Å². The first-order valence-electron chi connectivity index (χ1n) is 42.1. The topological polar surface area (TPSA) is 317 Å². The minimum absolute atomic E-state index is 0.0129. The Hall–Kier alpha value is -9.70. The third-order valence-corrected chi connectivity index (χ3v) is 28.4. The van der Waals surface area contributed by atoms with Crippen LogP contribution in [0.4, 0.5) is 8.78 Å². The van der Waals surface area contributed by atoms with Gasteiger partial charge in [-0.2, -0.15) is 0 Å². The van der Waals surface area contributed by atoms with Crippen LogP contribution in [0, 0.1) is 69.8 Å². The number of sulfonamides is 2. The smallest absolute Gasteiger partial charge is 0.307 e. The van der Waals surface area contributed by atoms with Crippen LogP contribution >= 0.6 is 0 Å². The molecule has 2 saturated heterocycles. The van der Waals surface area contributed by atoms with Gasteiger partial charge in [-0.3, -0.25) is 47.8 Å². The summed E-state index contributed by atoms with van der Waals surface area (Å²) in [7, 11) is -4.66. The fraction of sp³-hybridized carbons (Fsp3) is 0.543. The lowest BCUT2D eigenvalue weighted by molar-refractivity contribution is -0.160. The van der Waals surface area contributed by atoms with Crippen molar-refractivity contribution < 1.29 is 92.4 Å². The maximum atomic E-state index is 15.0. The molecule has 0 spiro atoms. The van der Waals surface area contributed by atoms with Crippen LogP contribution in [-0.4, -0.2) is 157 Å². The third kappa shape index (κ3) is 20.9. The zero-order valence-electron chi connectivity index (χ0n) is 70.5. The Kier molecular flexibility index (Phi) is 26.0. The number of ether oxygens (including phenoxy) is 6. The van der Waals surface area contributed by atoms with Gasteiger partial charge in [0.25, 0.3) is 0 Å². The summed E-state index contributed by atoms with van der Waals surface area (Å²) in [5.74, 6) is -5.59. The van der Waals surface area contributed by atoms with Crippen LogP contribution in [0.1, 0.15) is 185 Å². The van der Waals surface area contributed by atoms with Crippen molar-refractivity contribution in [2.45, 2.75) is 231 Å². The molecule has 0 unspecified atom stereocenters. The van der Waals surface area contributed by atoms with Gasteiger partial charge in [0.15, 0.2) is 11.6 Å². The molecule has 28 heteroatoms. The second-order valence-corrected chi connectivity index (χ2v) is 40.7. The number of aromatic nitrogens is 2. The summed E-state index contributed by atoms with van der Waals surface area (Å²) in [6.07, 6.45) is 12.4. The van der Waals surface area contributed by atoms with E-state index in [0.717, 1.165) is 23.6 Å². The van der Waals surface area contributed by atoms with Crippen molar-refractivity contribution in [1.29, 1.82) is 0 Å². The minimum atomic E-state index is -3.89. The highest BCUT2D eigenvalue weighted by molar-refractivity contribution is 7.91. The number of rotatable bonds is 18. The average Bonchev–Trinajstić information content (AvgIpc) is 1.60. The molecule has 8 aliphatic rings. The first kappa shape index (κ1) is 88.1. The highest BCUT2D eigenvalue weighted by Gasteiger charge is 2.64. The number of methoxy groups -OCH3 is 2. The van der Waals surface area contributed by atoms with Crippen LogP contribution in [0.25, 0.3) is 44.1 Å². The number of carbonyl (C=O) groups is 8. The molecule has 0 radical (unpaired) electrons. The van der Waals surface area contributed by atoms with Crippen LogP contribution in [0.3, 0.4) is 0 Å². The van der Waals surface area contributed by atoms with E-state index in [1.54, 1.807) is 92.2 Å². The maximum Gasteiger partial charge on any atom is 0.307 e. The highest BCUT2D eigenvalue weighted by atomic mass is 32.2. The molecule has 14 rings (SSSR count). The van der Waals surface area contributed by atoms with Gasteiger partial charge in [-0.1, -0.05) is 52.0 Å². The van der Waals surface area contributed by atoms with Crippen molar-refractivity contribution in [3.8, 4) is 45.8 Å². The molecule has 2 aromatic heterocycles. The number of hydrogen-bond acceptors (Lipinski definition) is 20. The van der Waals surface area contributed by atoms with E-state index >= 15 is 9.59 Å². The number of Topliss-reactive ketones (excluding diaryl/α,β-unsaturated/α-hetero) is 2. The Morgan fingerprint density at radius 1 is 0.508 bits per heavy atom. The molecule has 4 saturated carbocycles. The van der Waals surface area contributed by atoms with Crippen molar-refractivity contribution in [2.24, 2.45) is 58.2 Å². The number of nitrogens with zero attached hydrogens (tertiary/aromatic N) is 4. The van der Waals surface area contributed by atoms with E-state index in [-0.39, 0.29) is 122 Å². The Labute approximate surface area is 701 Å². The summed E-state index contributed by atoms with van der Waals surface area (Å²) < 4.78 is 120. The molecule has 4 aliphatic heterocycles. The molecule has 6 fully saturated rings. The number of esters is 2. The molecule has 4 aliphatic carbocycles. The maximum absolute atomic E-state index is 15.0. The summed E-state index contributed by atoms with van der Waals surface area (Å²) in [4.78, 5) is 127. The molecular weight excluding hydrogens is 1580 g/mol. The van der Waals surface area contributed by atoms with E-state index in [9.17, 15) is 54.4 Å². The largest absolute Gasteiger partial charge is 0.497 e. The number of benzene rings is 4. The summed E-state index contributed by atoms with van der Waals surface area (Å²) in [5, 5.41) is 1.52. The van der Waals surface area contributed by atoms with Crippen molar-refractivity contribution in [2.75, 3.05) is 27.3 Å². The van der Waals surface area contributed by atoms with Crippen LogP contribution in [0.5, 0.6) is 23.3 Å². The summed E-state index contributed by atoms with van der Waals surface area (Å²) >= 11 is 0. The number of nitrogens with one attached hydrogen (secondary N) is 2. The van der Waals surface area contributed by atoms with Gasteiger partial charge in [-0.25, -0.2) is 35.6 Å². The number of allylic oxidation sites excluding steroid dienone is 4. The van der Waals surface area contributed by atoms with Crippen molar-refractivity contribution >= 4 is 88.7 Å². The molecule has 4 amide bonds. The van der Waals surface area contributed by atoms with Gasteiger partial charge in [-0.15, -0.1) is 0 Å². The van der Waals surface area contributed by atoms with E-state index in [4.69, 9.17) is 38.4 Å². The average molecular weight is 1690 g/mol. The summed E-state index contributed by atoms with van der Waals surface area (Å²) in [5.41, 5.74) is -1.84. The minimum Gasteiger partial charge on any atom is -0.497 e. The number of hydrogen-bond donors (Lipinski definition) is 2. The molecule has 644 valence electrons. The zero-order chi connectivity index (χ0) is 86.3. The number of amides is 4. The van der Waals surface area contributed by atoms with Gasteiger partial charge in [-0.05, 0) is 262 Å². The standard InChI is InChI=1S/2C46H56FN3O9S/c2*1-27-9-7-8-10-31-24-46(31,44(54)49-60(55,56)35-16-17-35)25-40(51)39-22-34(26-50(39)43(53)37(28(2)19-27)23-41(52)59-45(3,4)5)58-42-36-18-15-33(57-6)20-30(36)21-38(48-42)29-11-13-32(47)14-12-29/h2*8,10-15,18,20-21,27-28,31,34-35,37,39H,7,9,16-17,19,22-26H2,1-6H3,(H,49,54)/b2*10-8-/t27-,28+,31+,34+,37-,39-,46+;27-,28-,31-,34-,37+,39+,46-/m01/s1. The monoisotopic (exact) mass is 1690 g/mol. The fourth-order valence-electron chi connectivity index (χ4n) is 17.8. The normalized spacial score (nSPS) is 28.1. The van der Waals surface area contributed by atoms with E-state index in [1.807, 2.05) is 74.5 Å². The SMILES string of the molecule is COc1ccc2c(O[C@@H]3C[C@H]4C(=O)C[C@]5(C(=O)NS(=O)(=O)C6CC6)C[C@H]5/C=C\CC[C@@H](C)C[C@@H](C)[C@H](CC(=O)OC(C)(C)C)C(=O)N4C3)nc(-c3ccc(F)cc3)cc2c1.COc1ccc2c(O[C@@H]3C[C@H]4C(=O)C[C@]5(C(=O)NS(=O)(=O)C6CC6)C[C@H]5/C=C\CC[C@H](C)C[C@@H](C)[C@H](CC(=O)OC(C)(C)C)C(=O)N4C3)nc(-c3ccc(F)cc3)cc2c1. The Morgan fingerprint density at radius 2 is 0.875 bits per heavy atom. The molecule has 2 N–H and O–H groups in total. The van der Waals surface area contributed by atoms with Gasteiger partial charge >= 0.3 is 11.9 Å². The number of ketones is 2. The van der Waals surface area contributed by atoms with Gasteiger partial charge in [0.05, 0.1) is 96.8 Å². The Balaban J connectivity index is 0.000000207. The van der Waals surface area contributed by atoms with E-state index in [2.05, 4.69) is 23.3 Å². The lowest BCUT2D eigenvalue weighted by atomic mass is 9.82. The molecule has 120 heavy (non-hydrogen) atoms. The van der Waals surface area contributed by atoms with Gasteiger partial charge < -0.3 is 38.2 Å². The number of carbonyl (C=O) groups excluding carboxylic acids is 8. The van der Waals surface area contributed by atoms with Crippen LogP contribution in [-0.2, 0) is 67.9 Å². The quantitative estimate of drug-likeness (QED) is 0.0596. The Morgan fingerprint density at radius 3 is 1.22 bits per heavy atom. The first-order valence-corrected chi connectivity index (χ1v) is 45.2. The summed E-state index contributed by atoms with van der Waals surface area (Å²) in [6.45, 7) is 18.7. The number of pyridine rings is 2. The van der Waals surface area contributed by atoms with E-state index in [0.29, 0.717) is 109 Å². The van der Waals surface area contributed by atoms with Crippen LogP contribution < -0.4 is 28.4 Å². The molecule has 6 aromatic rings. The molecule has 0 bridgehead atoms. The number of halogens is 2. The van der Waals surface area contributed by atoms with Crippen LogP contribution in [0.2, 0.25) is 0 Å². The van der Waals surface area contributed by atoms with Crippen molar-refractivity contribution in [1.82, 2.24) is 29.2 Å². The third-order valence-electron chi connectivity index (χ3n) is 24.8. The highest BCUT2D eigenvalue weighted by Crippen LogP contribution is 2.59. The predicted octanol–water partition coefficient (Wildman–Crippen LogP) is 14.7. The zero-order valence-corrected chi connectivity index (χ0v) is 72.1. The predicted molar refractivity (Wildman–Crippen MR) is 447 cm³/mol. The fourth-order valence-corrected chi connectivity index (χ4v) is 20.6. The molecule has 6 heterocycles. The van der Waals surface area contributed by atoms with Crippen molar-refractivity contribution in [3.63, 3.8) is 0 Å². The molecule has 24 nitrogen and oxygen atoms in total.